The van der Waals surface area contributed by atoms with Crippen LogP contribution >= 0.6 is 11.6 Å². The number of benzene rings is 1. The van der Waals surface area contributed by atoms with Gasteiger partial charge in [0.15, 0.2) is 0 Å². The number of nitrogens with one attached hydrogen (secondary N) is 1. The molecule has 0 spiro atoms. The first-order valence-corrected chi connectivity index (χ1v) is 5.61. The smallest absolute Gasteiger partial charge is 0.142 e. The second kappa shape index (κ2) is 5.10. The van der Waals surface area contributed by atoms with Gasteiger partial charge in [0, 0.05) is 18.3 Å². The van der Waals surface area contributed by atoms with Crippen LogP contribution in [0.3, 0.4) is 0 Å². The number of nitrogens with zero attached hydrogens (tertiary/aromatic N) is 2. The van der Waals surface area contributed by atoms with Crippen molar-refractivity contribution >= 4 is 17.3 Å². The van der Waals surface area contributed by atoms with Gasteiger partial charge in [0.25, 0.3) is 0 Å². The van der Waals surface area contributed by atoms with Gasteiger partial charge in [-0.1, -0.05) is 11.6 Å². The van der Waals surface area contributed by atoms with Crippen LogP contribution in [0.2, 0.25) is 5.02 Å². The van der Waals surface area contributed by atoms with Crippen LogP contribution in [0.1, 0.15) is 5.69 Å². The van der Waals surface area contributed by atoms with Crippen molar-refractivity contribution in [2.45, 2.75) is 6.54 Å². The summed E-state index contributed by atoms with van der Waals surface area (Å²) in [4.78, 5) is 4.06. The molecule has 0 radical (unpaired) electrons. The van der Waals surface area contributed by atoms with Crippen molar-refractivity contribution in [2.24, 2.45) is 7.05 Å². The molecule has 17 heavy (non-hydrogen) atoms. The molecule has 0 unspecified atom stereocenters. The van der Waals surface area contributed by atoms with Crippen molar-refractivity contribution in [1.29, 1.82) is 0 Å². The number of halogens is 1. The number of aromatic nitrogens is 2. The van der Waals surface area contributed by atoms with Gasteiger partial charge in [0.05, 0.1) is 31.4 Å². The summed E-state index contributed by atoms with van der Waals surface area (Å²) < 4.78 is 7.22. The van der Waals surface area contributed by atoms with Crippen molar-refractivity contribution in [3.05, 3.63) is 41.4 Å². The van der Waals surface area contributed by atoms with Crippen LogP contribution in [0.25, 0.3) is 0 Å². The van der Waals surface area contributed by atoms with Crippen LogP contribution in [-0.4, -0.2) is 16.7 Å². The van der Waals surface area contributed by atoms with Gasteiger partial charge in [-0.3, -0.25) is 0 Å². The SMILES string of the molecule is COc1ccc(Cl)cc1NCc1cncn1C. The van der Waals surface area contributed by atoms with E-state index in [9.17, 15) is 0 Å². The first-order chi connectivity index (χ1) is 8.20. The fourth-order valence-electron chi connectivity index (χ4n) is 1.56. The quantitative estimate of drug-likeness (QED) is 0.908. The Kier molecular flexibility index (Phi) is 3.54. The highest BCUT2D eigenvalue weighted by atomic mass is 35.5. The Morgan fingerprint density at radius 2 is 2.29 bits per heavy atom. The van der Waals surface area contributed by atoms with Crippen molar-refractivity contribution in [1.82, 2.24) is 9.55 Å². The molecule has 1 aromatic carbocycles. The summed E-state index contributed by atoms with van der Waals surface area (Å²) in [6.07, 6.45) is 3.59. The lowest BCUT2D eigenvalue weighted by atomic mass is 10.3. The van der Waals surface area contributed by atoms with Gasteiger partial charge in [-0.05, 0) is 18.2 Å². The Labute approximate surface area is 105 Å². The maximum atomic E-state index is 5.95. The summed E-state index contributed by atoms with van der Waals surface area (Å²) in [7, 11) is 3.59. The molecule has 0 bridgehead atoms. The van der Waals surface area contributed by atoms with Gasteiger partial charge < -0.3 is 14.6 Å². The number of methoxy groups -OCH3 is 1. The monoisotopic (exact) mass is 251 g/mol. The topological polar surface area (TPSA) is 39.1 Å². The molecule has 90 valence electrons. The number of hydrogen-bond acceptors (Lipinski definition) is 3. The van der Waals surface area contributed by atoms with Crippen LogP contribution < -0.4 is 10.1 Å². The molecule has 0 saturated heterocycles. The summed E-state index contributed by atoms with van der Waals surface area (Å²) in [5.74, 6) is 0.775. The third kappa shape index (κ3) is 2.71. The second-order valence-corrected chi connectivity index (χ2v) is 4.13. The van der Waals surface area contributed by atoms with E-state index in [-0.39, 0.29) is 0 Å². The number of anilines is 1. The molecular formula is C12H14ClN3O. The Morgan fingerprint density at radius 3 is 2.94 bits per heavy atom. The standard InChI is InChI=1S/C12H14ClN3O/c1-16-8-14-6-10(16)7-15-11-5-9(13)3-4-12(11)17-2/h3-6,8,15H,7H2,1-2H3. The number of imidazole rings is 1. The van der Waals surface area contributed by atoms with Crippen LogP contribution in [0.5, 0.6) is 5.75 Å². The first kappa shape index (κ1) is 11.8. The van der Waals surface area contributed by atoms with E-state index in [2.05, 4.69) is 10.3 Å². The van der Waals surface area contributed by atoms with Gasteiger partial charge in [-0.2, -0.15) is 0 Å². The van der Waals surface area contributed by atoms with Gasteiger partial charge in [0.1, 0.15) is 5.75 Å². The average Bonchev–Trinajstić information content (AvgIpc) is 2.72. The highest BCUT2D eigenvalue weighted by Gasteiger charge is 2.04. The molecule has 0 saturated carbocycles. The Hall–Kier alpha value is -1.68. The van der Waals surface area contributed by atoms with Crippen LogP contribution in [-0.2, 0) is 13.6 Å². The summed E-state index contributed by atoms with van der Waals surface area (Å²) in [5.41, 5.74) is 1.97. The molecule has 1 heterocycles. The number of aryl methyl sites for hydroxylation is 1. The molecule has 0 atom stereocenters. The molecule has 5 heteroatoms. The van der Waals surface area contributed by atoms with E-state index >= 15 is 0 Å². The molecule has 1 aromatic heterocycles. The summed E-state index contributed by atoms with van der Waals surface area (Å²) in [6.45, 7) is 0.674. The molecule has 0 aliphatic heterocycles. The van der Waals surface area contributed by atoms with E-state index in [4.69, 9.17) is 16.3 Å². The molecule has 0 fully saturated rings. The number of rotatable bonds is 4. The van der Waals surface area contributed by atoms with E-state index in [0.29, 0.717) is 11.6 Å². The van der Waals surface area contributed by atoms with Gasteiger partial charge in [-0.15, -0.1) is 0 Å². The van der Waals surface area contributed by atoms with Crippen molar-refractivity contribution < 1.29 is 4.74 Å². The van der Waals surface area contributed by atoms with Gasteiger partial charge in [-0.25, -0.2) is 4.98 Å². The molecule has 2 rings (SSSR count). The fourth-order valence-corrected chi connectivity index (χ4v) is 1.73. The van der Waals surface area contributed by atoms with Crippen molar-refractivity contribution in [3.8, 4) is 5.75 Å². The lowest BCUT2D eigenvalue weighted by Gasteiger charge is -2.11. The van der Waals surface area contributed by atoms with E-state index in [0.717, 1.165) is 17.1 Å². The fraction of sp³-hybridized carbons (Fsp3) is 0.250. The lowest BCUT2D eigenvalue weighted by Crippen LogP contribution is -2.05. The molecule has 0 aliphatic carbocycles. The molecule has 2 aromatic rings. The molecule has 1 N–H and O–H groups in total. The predicted octanol–water partition coefficient (Wildman–Crippen LogP) is 2.69. The summed E-state index contributed by atoms with van der Waals surface area (Å²) in [5, 5.41) is 3.96. The maximum Gasteiger partial charge on any atom is 0.142 e. The Bertz CT molecular complexity index is 510. The number of ether oxygens (including phenoxy) is 1. The average molecular weight is 252 g/mol. The van der Waals surface area contributed by atoms with Crippen LogP contribution in [0.15, 0.2) is 30.7 Å². The highest BCUT2D eigenvalue weighted by molar-refractivity contribution is 6.30. The van der Waals surface area contributed by atoms with E-state index in [1.807, 2.05) is 29.9 Å². The Morgan fingerprint density at radius 1 is 1.47 bits per heavy atom. The second-order valence-electron chi connectivity index (χ2n) is 3.69. The number of hydrogen-bond donors (Lipinski definition) is 1. The first-order valence-electron chi connectivity index (χ1n) is 5.23. The minimum absolute atomic E-state index is 0.674. The van der Waals surface area contributed by atoms with Crippen molar-refractivity contribution in [2.75, 3.05) is 12.4 Å². The van der Waals surface area contributed by atoms with Crippen LogP contribution in [0.4, 0.5) is 5.69 Å². The minimum Gasteiger partial charge on any atom is -0.495 e. The predicted molar refractivity (Wildman–Crippen MR) is 68.5 cm³/mol. The van der Waals surface area contributed by atoms with E-state index in [1.165, 1.54) is 0 Å². The summed E-state index contributed by atoms with van der Waals surface area (Å²) in [6, 6.07) is 5.49. The molecule has 0 aliphatic rings. The zero-order valence-corrected chi connectivity index (χ0v) is 10.5. The largest absolute Gasteiger partial charge is 0.495 e. The highest BCUT2D eigenvalue weighted by Crippen LogP contribution is 2.27. The zero-order chi connectivity index (χ0) is 12.3. The molecular weight excluding hydrogens is 238 g/mol. The third-order valence-electron chi connectivity index (χ3n) is 2.54. The van der Waals surface area contributed by atoms with Gasteiger partial charge in [0.2, 0.25) is 0 Å². The molecule has 4 nitrogen and oxygen atoms in total. The minimum atomic E-state index is 0.674. The van der Waals surface area contributed by atoms with Gasteiger partial charge >= 0.3 is 0 Å². The maximum absolute atomic E-state index is 5.95. The summed E-state index contributed by atoms with van der Waals surface area (Å²) >= 11 is 5.95. The van der Waals surface area contributed by atoms with Crippen LogP contribution in [0, 0.1) is 0 Å². The zero-order valence-electron chi connectivity index (χ0n) is 9.77. The van der Waals surface area contributed by atoms with Crippen molar-refractivity contribution in [3.63, 3.8) is 0 Å². The van der Waals surface area contributed by atoms with E-state index in [1.54, 1.807) is 19.5 Å². The molecule has 0 amide bonds. The Balaban J connectivity index is 2.13. The van der Waals surface area contributed by atoms with E-state index < -0.39 is 0 Å². The third-order valence-corrected chi connectivity index (χ3v) is 2.77. The lowest BCUT2D eigenvalue weighted by molar-refractivity contribution is 0.416. The normalized spacial score (nSPS) is 10.3.